The van der Waals surface area contributed by atoms with Gasteiger partial charge in [-0.3, -0.25) is 0 Å². The molecule has 0 atom stereocenters. The first kappa shape index (κ1) is 37.0. The smallest absolute Gasteiger partial charge is 0.00264 e. The first-order valence-electron chi connectivity index (χ1n) is 21.4. The van der Waals surface area contributed by atoms with Crippen molar-refractivity contribution in [3.63, 3.8) is 0 Å². The summed E-state index contributed by atoms with van der Waals surface area (Å²) >= 11 is 0. The Morgan fingerprint density at radius 1 is 0.242 bits per heavy atom. The van der Waals surface area contributed by atoms with Crippen LogP contribution in [0, 0.1) is 0 Å². The van der Waals surface area contributed by atoms with Crippen LogP contribution < -0.4 is 0 Å². The first-order valence-corrected chi connectivity index (χ1v) is 21.4. The summed E-state index contributed by atoms with van der Waals surface area (Å²) in [6.45, 7) is 0. The zero-order chi connectivity index (χ0) is 41.2. The Bertz CT molecular complexity index is 3170. The Hall–Kier alpha value is -8.06. The van der Waals surface area contributed by atoms with E-state index in [4.69, 9.17) is 0 Å². The molecule has 0 aliphatic carbocycles. The highest BCUT2D eigenvalue weighted by molar-refractivity contribution is 6.21. The van der Waals surface area contributed by atoms with Gasteiger partial charge >= 0.3 is 0 Å². The Labute approximate surface area is 363 Å². The minimum atomic E-state index is 1.16. The van der Waals surface area contributed by atoms with Crippen molar-refractivity contribution in [3.05, 3.63) is 276 Å². The monoisotopic (exact) mass is 786 g/mol. The van der Waals surface area contributed by atoms with E-state index in [-0.39, 0.29) is 0 Å². The highest BCUT2D eigenvalue weighted by atomic mass is 14.2. The molecule has 11 rings (SSSR count). The molecule has 0 aliphatic rings. The van der Waals surface area contributed by atoms with Gasteiger partial charge in [0, 0.05) is 0 Å². The minimum absolute atomic E-state index is 1.16. The predicted octanol–water partition coefficient (Wildman–Crippen LogP) is 16.8. The molecule has 0 heteroatoms. The van der Waals surface area contributed by atoms with Gasteiger partial charge in [0.25, 0.3) is 0 Å². The summed E-state index contributed by atoms with van der Waals surface area (Å²) in [5, 5.41) is 9.97. The van der Waals surface area contributed by atoms with E-state index in [1.807, 2.05) is 0 Å². The molecular weight excluding hydrogens is 745 g/mol. The maximum absolute atomic E-state index is 2.33. The van der Waals surface area contributed by atoms with Gasteiger partial charge in [-0.05, 0) is 134 Å². The van der Waals surface area contributed by atoms with Gasteiger partial charge < -0.3 is 0 Å². The van der Waals surface area contributed by atoms with Gasteiger partial charge in [0.1, 0.15) is 0 Å². The lowest BCUT2D eigenvalue weighted by Crippen LogP contribution is -1.92. The van der Waals surface area contributed by atoms with Crippen LogP contribution in [0.4, 0.5) is 0 Å². The molecule has 0 unspecified atom stereocenters. The lowest BCUT2D eigenvalue weighted by Gasteiger charge is -2.18. The van der Waals surface area contributed by atoms with Crippen molar-refractivity contribution in [3.8, 4) is 22.3 Å². The van der Waals surface area contributed by atoms with Crippen LogP contribution in [-0.2, 0) is 0 Å². The van der Waals surface area contributed by atoms with Crippen molar-refractivity contribution in [2.24, 2.45) is 0 Å². The van der Waals surface area contributed by atoms with Crippen molar-refractivity contribution < 1.29 is 0 Å². The Morgan fingerprint density at radius 3 is 0.935 bits per heavy atom. The lowest BCUT2D eigenvalue weighted by molar-refractivity contribution is 1.56. The quantitative estimate of drug-likeness (QED) is 0.106. The Balaban J connectivity index is 0.989. The van der Waals surface area contributed by atoms with Crippen LogP contribution in [0.3, 0.4) is 0 Å². The Morgan fingerprint density at radius 2 is 0.565 bits per heavy atom. The van der Waals surface area contributed by atoms with Crippen molar-refractivity contribution >= 4 is 66.4 Å². The number of benzene rings is 11. The molecule has 0 spiro atoms. The van der Waals surface area contributed by atoms with Crippen LogP contribution in [0.1, 0.15) is 33.4 Å². The SMILES string of the molecule is C(=C(c1ccccc1)c1ccc2ccccc2c1)c1ccc(-c2c3ccccc3c(-c3ccc(C=C(c4ccccc4)c4ccc5ccccc5c4)cc3)c3ccccc23)cc1. The number of rotatable bonds is 8. The standard InChI is InChI=1S/C62H42/c1-3-17-47(18-4-1)59(53-37-35-45-15-7-9-21-51(45)41-53)39-43-27-31-49(32-28-43)61-55-23-11-13-25-57(55)62(58-26-14-12-24-56(58)61)50-33-29-44(30-34-50)40-60(48-19-5-2-6-20-48)54-38-36-46-16-8-10-22-52(46)42-54/h1-42H. The van der Waals surface area contributed by atoms with Crippen LogP contribution in [0.15, 0.2) is 243 Å². The largest absolute Gasteiger partial charge is 0.0622 e. The highest BCUT2D eigenvalue weighted by Gasteiger charge is 2.17. The molecule has 0 aliphatic heterocycles. The summed E-state index contributed by atoms with van der Waals surface area (Å²) in [6.07, 6.45) is 4.65. The summed E-state index contributed by atoms with van der Waals surface area (Å²) in [4.78, 5) is 0. The van der Waals surface area contributed by atoms with E-state index in [0.717, 1.165) is 11.1 Å². The van der Waals surface area contributed by atoms with E-state index in [2.05, 4.69) is 255 Å². The number of hydrogen-bond donors (Lipinski definition) is 0. The van der Waals surface area contributed by atoms with Gasteiger partial charge in [-0.2, -0.15) is 0 Å². The summed E-state index contributed by atoms with van der Waals surface area (Å²) in [6, 6.07) is 88.2. The molecule has 0 fully saturated rings. The Kier molecular flexibility index (Phi) is 9.65. The van der Waals surface area contributed by atoms with Gasteiger partial charge in [0.15, 0.2) is 0 Å². The van der Waals surface area contributed by atoms with E-state index in [0.29, 0.717) is 0 Å². The van der Waals surface area contributed by atoms with Gasteiger partial charge in [-0.1, -0.05) is 231 Å². The third-order valence-electron chi connectivity index (χ3n) is 12.2. The highest BCUT2D eigenvalue weighted by Crippen LogP contribution is 2.44. The second-order valence-electron chi connectivity index (χ2n) is 16.1. The maximum Gasteiger partial charge on any atom is -0.00264 e. The molecule has 0 amide bonds. The molecule has 11 aromatic rings. The van der Waals surface area contributed by atoms with Crippen LogP contribution in [0.5, 0.6) is 0 Å². The molecule has 0 radical (unpaired) electrons. The maximum atomic E-state index is 2.33. The summed E-state index contributed by atoms with van der Waals surface area (Å²) < 4.78 is 0. The molecule has 0 saturated heterocycles. The van der Waals surface area contributed by atoms with Crippen LogP contribution in [-0.4, -0.2) is 0 Å². The van der Waals surface area contributed by atoms with Crippen molar-refractivity contribution in [1.82, 2.24) is 0 Å². The number of fused-ring (bicyclic) bond motifs is 4. The third kappa shape index (κ3) is 7.08. The molecule has 0 saturated carbocycles. The van der Waals surface area contributed by atoms with Crippen LogP contribution >= 0.6 is 0 Å². The molecule has 11 aromatic carbocycles. The fraction of sp³-hybridized carbons (Fsp3) is 0. The van der Waals surface area contributed by atoms with Gasteiger partial charge in [-0.15, -0.1) is 0 Å². The predicted molar refractivity (Wildman–Crippen MR) is 267 cm³/mol. The van der Waals surface area contributed by atoms with E-state index in [1.54, 1.807) is 0 Å². The van der Waals surface area contributed by atoms with E-state index in [1.165, 1.54) is 98.7 Å². The molecule has 0 bridgehead atoms. The van der Waals surface area contributed by atoms with Crippen molar-refractivity contribution in [2.45, 2.75) is 0 Å². The average Bonchev–Trinajstić information content (AvgIpc) is 3.35. The molecule has 0 aromatic heterocycles. The lowest BCUT2D eigenvalue weighted by atomic mass is 9.85. The first-order chi connectivity index (χ1) is 30.7. The zero-order valence-corrected chi connectivity index (χ0v) is 34.2. The van der Waals surface area contributed by atoms with Crippen LogP contribution in [0.25, 0.3) is 88.6 Å². The van der Waals surface area contributed by atoms with Gasteiger partial charge in [-0.25, -0.2) is 0 Å². The molecule has 0 nitrogen and oxygen atoms in total. The molecule has 0 N–H and O–H groups in total. The fourth-order valence-corrected chi connectivity index (χ4v) is 9.19. The third-order valence-corrected chi connectivity index (χ3v) is 12.2. The summed E-state index contributed by atoms with van der Waals surface area (Å²) in [7, 11) is 0. The second-order valence-corrected chi connectivity index (χ2v) is 16.1. The molecule has 62 heavy (non-hydrogen) atoms. The normalized spacial score (nSPS) is 12.1. The van der Waals surface area contributed by atoms with E-state index < -0.39 is 0 Å². The summed E-state index contributed by atoms with van der Waals surface area (Å²) in [5.74, 6) is 0. The zero-order valence-electron chi connectivity index (χ0n) is 34.2. The topological polar surface area (TPSA) is 0 Å². The van der Waals surface area contributed by atoms with E-state index >= 15 is 0 Å². The van der Waals surface area contributed by atoms with Gasteiger partial charge in [0.05, 0.1) is 0 Å². The summed E-state index contributed by atoms with van der Waals surface area (Å²) in [5.41, 5.74) is 14.5. The molecule has 0 heterocycles. The van der Waals surface area contributed by atoms with Crippen molar-refractivity contribution in [2.75, 3.05) is 0 Å². The molecule has 290 valence electrons. The van der Waals surface area contributed by atoms with Gasteiger partial charge in [0.2, 0.25) is 0 Å². The van der Waals surface area contributed by atoms with Crippen molar-refractivity contribution in [1.29, 1.82) is 0 Å². The second kappa shape index (κ2) is 16.2. The van der Waals surface area contributed by atoms with Crippen LogP contribution in [0.2, 0.25) is 0 Å². The molecular formula is C62H42. The average molecular weight is 787 g/mol. The minimum Gasteiger partial charge on any atom is -0.0622 e. The fourth-order valence-electron chi connectivity index (χ4n) is 9.19. The number of hydrogen-bond acceptors (Lipinski definition) is 0. The van der Waals surface area contributed by atoms with E-state index in [9.17, 15) is 0 Å².